The molecule has 0 N–H and O–H groups in total. The Kier molecular flexibility index (Phi) is 4.90. The van der Waals surface area contributed by atoms with Crippen molar-refractivity contribution in [3.63, 3.8) is 0 Å². The van der Waals surface area contributed by atoms with Gasteiger partial charge in [0.05, 0.1) is 11.5 Å². The van der Waals surface area contributed by atoms with Gasteiger partial charge in [0.25, 0.3) is 0 Å². The van der Waals surface area contributed by atoms with Crippen molar-refractivity contribution in [2.75, 3.05) is 11.5 Å². The van der Waals surface area contributed by atoms with Gasteiger partial charge in [-0.05, 0) is 33.3 Å². The van der Waals surface area contributed by atoms with E-state index in [4.69, 9.17) is 0 Å². The Balaban J connectivity index is 1.63. The monoisotopic (exact) mass is 412 g/mol. The smallest absolute Gasteiger partial charge is 0.186 e. The Morgan fingerprint density at radius 3 is 2.55 bits per heavy atom. The first-order valence-corrected chi connectivity index (χ1v) is 11.5. The summed E-state index contributed by atoms with van der Waals surface area (Å²) in [5.41, 5.74) is 3.24. The largest absolute Gasteiger partial charge is 0.344 e. The number of carbonyl (C=O) groups excluding carboxylic acids is 1. The molecule has 4 rings (SSSR count). The number of nitrogens with zero attached hydrogens (tertiary/aromatic N) is 4. The highest BCUT2D eigenvalue weighted by atomic mass is 32.2. The fourth-order valence-electron chi connectivity index (χ4n) is 4.19. The first kappa shape index (κ1) is 19.6. The van der Waals surface area contributed by atoms with Crippen LogP contribution in [-0.2, 0) is 16.4 Å². The van der Waals surface area contributed by atoms with Gasteiger partial charge in [0.2, 0.25) is 0 Å². The van der Waals surface area contributed by atoms with Gasteiger partial charge in [-0.3, -0.25) is 4.79 Å². The molecule has 152 valence electrons. The van der Waals surface area contributed by atoms with Gasteiger partial charge in [-0.1, -0.05) is 30.3 Å². The van der Waals surface area contributed by atoms with Gasteiger partial charge in [0.15, 0.2) is 21.4 Å². The number of benzene rings is 1. The Morgan fingerprint density at radius 1 is 1.17 bits per heavy atom. The molecule has 1 atom stereocenters. The van der Waals surface area contributed by atoms with Crippen LogP contribution in [0.5, 0.6) is 0 Å². The van der Waals surface area contributed by atoms with Crippen LogP contribution < -0.4 is 0 Å². The molecule has 3 heterocycles. The predicted molar refractivity (Wildman–Crippen MR) is 111 cm³/mol. The van der Waals surface area contributed by atoms with Crippen molar-refractivity contribution in [2.45, 2.75) is 39.8 Å². The van der Waals surface area contributed by atoms with Gasteiger partial charge in [-0.25, -0.2) is 18.1 Å². The second-order valence-electron chi connectivity index (χ2n) is 7.64. The predicted octanol–water partition coefficient (Wildman–Crippen LogP) is 2.91. The zero-order valence-electron chi connectivity index (χ0n) is 16.8. The molecule has 3 aromatic rings. The lowest BCUT2D eigenvalue weighted by Gasteiger charge is -2.16. The number of aromatic nitrogens is 4. The van der Waals surface area contributed by atoms with Crippen molar-refractivity contribution >= 4 is 15.6 Å². The van der Waals surface area contributed by atoms with Gasteiger partial charge >= 0.3 is 0 Å². The van der Waals surface area contributed by atoms with Gasteiger partial charge in [-0.15, -0.1) is 0 Å². The molecule has 1 aromatic carbocycles. The van der Waals surface area contributed by atoms with E-state index in [1.807, 2.05) is 54.8 Å². The molecular formula is C21H24N4O3S. The minimum atomic E-state index is -3.00. The molecule has 7 nitrogen and oxygen atoms in total. The third-order valence-electron chi connectivity index (χ3n) is 5.46. The molecule has 1 fully saturated rings. The van der Waals surface area contributed by atoms with E-state index < -0.39 is 9.84 Å². The van der Waals surface area contributed by atoms with Crippen LogP contribution in [-0.4, -0.2) is 45.0 Å². The maximum Gasteiger partial charge on any atom is 0.186 e. The number of carbonyl (C=O) groups is 1. The summed E-state index contributed by atoms with van der Waals surface area (Å²) >= 11 is 0. The number of rotatable bonds is 5. The van der Waals surface area contributed by atoms with Crippen LogP contribution in [0.3, 0.4) is 0 Å². The highest BCUT2D eigenvalue weighted by Crippen LogP contribution is 2.29. The molecule has 1 saturated heterocycles. The van der Waals surface area contributed by atoms with Gasteiger partial charge in [-0.2, -0.15) is 5.10 Å². The minimum Gasteiger partial charge on any atom is -0.344 e. The highest BCUT2D eigenvalue weighted by Gasteiger charge is 2.31. The second-order valence-corrected chi connectivity index (χ2v) is 9.87. The van der Waals surface area contributed by atoms with E-state index in [2.05, 4.69) is 10.1 Å². The first-order chi connectivity index (χ1) is 13.7. The zero-order valence-corrected chi connectivity index (χ0v) is 17.6. The number of hydrogen-bond donors (Lipinski definition) is 0. The summed E-state index contributed by atoms with van der Waals surface area (Å²) in [5, 5.41) is 4.41. The van der Waals surface area contributed by atoms with E-state index in [9.17, 15) is 13.2 Å². The van der Waals surface area contributed by atoms with Crippen LogP contribution in [0.15, 0.2) is 36.4 Å². The molecule has 1 aliphatic heterocycles. The molecule has 1 aliphatic rings. The average Bonchev–Trinajstić information content (AvgIpc) is 3.30. The van der Waals surface area contributed by atoms with Crippen molar-refractivity contribution in [1.82, 2.24) is 19.3 Å². The van der Waals surface area contributed by atoms with Crippen molar-refractivity contribution in [3.8, 4) is 11.4 Å². The van der Waals surface area contributed by atoms with E-state index in [0.29, 0.717) is 23.6 Å². The number of ketones is 1. The minimum absolute atomic E-state index is 0.0627. The maximum absolute atomic E-state index is 13.1. The standard InChI is InChI=1S/C21H24N4O3S/c1-14-11-19(15(2)25(14)18-9-10-29(27,28)13-18)20(26)12-24-21(22-16(3)23-24)17-7-5-4-6-8-17/h4-8,11,18H,9-10,12-13H2,1-3H3. The van der Waals surface area contributed by atoms with E-state index in [1.165, 1.54) is 0 Å². The number of aryl methyl sites for hydroxylation is 2. The van der Waals surface area contributed by atoms with Gasteiger partial charge in [0.1, 0.15) is 12.4 Å². The lowest BCUT2D eigenvalue weighted by atomic mass is 10.1. The van der Waals surface area contributed by atoms with Crippen LogP contribution in [0.4, 0.5) is 0 Å². The number of hydrogen-bond acceptors (Lipinski definition) is 5. The van der Waals surface area contributed by atoms with Crippen LogP contribution in [0.2, 0.25) is 0 Å². The Hall–Kier alpha value is -2.74. The summed E-state index contributed by atoms with van der Waals surface area (Å²) in [6.07, 6.45) is 0.590. The van der Waals surface area contributed by atoms with Crippen LogP contribution in [0, 0.1) is 20.8 Å². The molecule has 0 radical (unpaired) electrons. The van der Waals surface area contributed by atoms with E-state index in [0.717, 1.165) is 17.0 Å². The molecule has 0 aliphatic carbocycles. The summed E-state index contributed by atoms with van der Waals surface area (Å²) in [4.78, 5) is 17.6. The molecule has 1 unspecified atom stereocenters. The normalized spacial score (nSPS) is 18.2. The topological polar surface area (TPSA) is 86.9 Å². The zero-order chi connectivity index (χ0) is 20.8. The summed E-state index contributed by atoms with van der Waals surface area (Å²) in [7, 11) is -3.00. The fraction of sp³-hybridized carbons (Fsp3) is 0.381. The van der Waals surface area contributed by atoms with E-state index >= 15 is 0 Å². The Bertz CT molecular complexity index is 1180. The highest BCUT2D eigenvalue weighted by molar-refractivity contribution is 7.91. The lowest BCUT2D eigenvalue weighted by molar-refractivity contribution is 0.0967. The summed E-state index contributed by atoms with van der Waals surface area (Å²) in [6.45, 7) is 5.69. The first-order valence-electron chi connectivity index (χ1n) is 9.64. The van der Waals surface area contributed by atoms with Crippen LogP contribution in [0.1, 0.15) is 40.0 Å². The van der Waals surface area contributed by atoms with Crippen molar-refractivity contribution in [3.05, 3.63) is 59.2 Å². The quantitative estimate of drug-likeness (QED) is 0.602. The van der Waals surface area contributed by atoms with E-state index in [1.54, 1.807) is 11.6 Å². The van der Waals surface area contributed by atoms with Crippen molar-refractivity contribution in [2.24, 2.45) is 0 Å². The van der Waals surface area contributed by atoms with Crippen molar-refractivity contribution < 1.29 is 13.2 Å². The molecule has 8 heteroatoms. The summed E-state index contributed by atoms with van der Waals surface area (Å²) < 4.78 is 27.4. The Labute approximate surface area is 170 Å². The molecule has 0 saturated carbocycles. The average molecular weight is 413 g/mol. The summed E-state index contributed by atoms with van der Waals surface area (Å²) in [6, 6.07) is 11.4. The van der Waals surface area contributed by atoms with Gasteiger partial charge < -0.3 is 4.57 Å². The maximum atomic E-state index is 13.1. The van der Waals surface area contributed by atoms with Crippen LogP contribution >= 0.6 is 0 Å². The molecule has 0 amide bonds. The molecule has 29 heavy (non-hydrogen) atoms. The number of Topliss-reactive ketones (excluding diaryl/α,β-unsaturated/α-hetero) is 1. The molecule has 0 bridgehead atoms. The second kappa shape index (κ2) is 7.26. The lowest BCUT2D eigenvalue weighted by Crippen LogP contribution is -2.16. The van der Waals surface area contributed by atoms with E-state index in [-0.39, 0.29) is 29.9 Å². The van der Waals surface area contributed by atoms with Crippen molar-refractivity contribution in [1.29, 1.82) is 0 Å². The third-order valence-corrected chi connectivity index (χ3v) is 7.21. The summed E-state index contributed by atoms with van der Waals surface area (Å²) in [5.74, 6) is 1.55. The van der Waals surface area contributed by atoms with Gasteiger partial charge in [0, 0.05) is 28.6 Å². The molecule has 0 spiro atoms. The Morgan fingerprint density at radius 2 is 1.90 bits per heavy atom. The SMILES string of the molecule is Cc1nc(-c2ccccc2)n(CC(=O)c2cc(C)n(C3CCS(=O)(=O)C3)c2C)n1. The molecular weight excluding hydrogens is 388 g/mol. The van der Waals surface area contributed by atoms with Crippen LogP contribution in [0.25, 0.3) is 11.4 Å². The third kappa shape index (κ3) is 3.76. The number of sulfone groups is 1. The molecule has 2 aromatic heterocycles. The fourth-order valence-corrected chi connectivity index (χ4v) is 5.89.